The Balaban J connectivity index is 0.00000397. The van der Waals surface area contributed by atoms with E-state index in [1.165, 1.54) is 24.3 Å². The second-order valence-electron chi connectivity index (χ2n) is 13.5. The van der Waals surface area contributed by atoms with Crippen LogP contribution in [0.2, 0.25) is 5.28 Å². The van der Waals surface area contributed by atoms with E-state index in [2.05, 4.69) is 70.7 Å². The van der Waals surface area contributed by atoms with Gasteiger partial charge in [-0.1, -0.05) is 0 Å². The van der Waals surface area contributed by atoms with E-state index in [0.717, 1.165) is 23.9 Å². The van der Waals surface area contributed by atoms with Crippen molar-refractivity contribution in [3.05, 3.63) is 90.1 Å². The molecule has 0 unspecified atom stereocenters. The molecule has 0 fully saturated rings. The summed E-state index contributed by atoms with van der Waals surface area (Å²) in [5.74, 6) is -1.64. The molecule has 2 heterocycles. The molecule has 24 nitrogen and oxygen atoms in total. The van der Waals surface area contributed by atoms with Gasteiger partial charge in [0.2, 0.25) is 23.1 Å². The molecule has 0 aliphatic heterocycles. The van der Waals surface area contributed by atoms with Gasteiger partial charge in [0, 0.05) is 35.3 Å². The molecule has 6 rings (SSSR count). The number of halogens is 3. The zero-order chi connectivity index (χ0) is 46.6. The Bertz CT molecular complexity index is 3040. The van der Waals surface area contributed by atoms with Crippen LogP contribution in [0, 0.1) is 12.0 Å². The van der Waals surface area contributed by atoms with E-state index >= 15 is 0 Å². The Kier molecular flexibility index (Phi) is 20.9. The Morgan fingerprint density at radius 2 is 1.22 bits per heavy atom. The van der Waals surface area contributed by atoms with Gasteiger partial charge in [0.25, 0.3) is 0 Å². The largest absolute Gasteiger partial charge is 1.00 e. The number of rotatable bonds is 16. The van der Waals surface area contributed by atoms with Crippen LogP contribution in [0.5, 0.6) is 0 Å². The van der Waals surface area contributed by atoms with Gasteiger partial charge in [-0.25, -0.2) is 16.8 Å². The second kappa shape index (κ2) is 24.2. The monoisotopic (exact) mass is 1030 g/mol. The summed E-state index contributed by atoms with van der Waals surface area (Å²) in [6, 6.07) is 15.7. The van der Waals surface area contributed by atoms with Gasteiger partial charge in [-0.15, -0.1) is 20.5 Å². The smallest absolute Gasteiger partial charge is 0.744 e. The zero-order valence-electron chi connectivity index (χ0n) is 35.6. The quantitative estimate of drug-likeness (QED) is 0.00619. The third-order valence-electron chi connectivity index (χ3n) is 8.15. The number of azo groups is 2. The molecule has 0 aliphatic rings. The van der Waals surface area contributed by atoms with Crippen LogP contribution in [0.3, 0.4) is 0 Å². The molecule has 2 aromatic heterocycles. The maximum Gasteiger partial charge on any atom is 1.00 e. The van der Waals surface area contributed by atoms with Crippen molar-refractivity contribution in [3.8, 4) is 0 Å². The molecule has 0 atom stereocenters. The summed E-state index contributed by atoms with van der Waals surface area (Å²) in [6.45, 7) is 0. The molecule has 0 saturated heterocycles. The number of nitrogens with zero attached hydrogens (tertiary/aromatic N) is 10. The van der Waals surface area contributed by atoms with Gasteiger partial charge in [-0.3, -0.25) is 9.52 Å². The number of nitrogens with one attached hydrogen (secondary N) is 3. The first kappa shape index (κ1) is 57.6. The summed E-state index contributed by atoms with van der Waals surface area (Å²) >= 11 is 6.49. The molecule has 0 amide bonds. The molecule has 0 aliphatic carbocycles. The maximum absolute atomic E-state index is 13.7. The number of benzene rings is 4. The van der Waals surface area contributed by atoms with Crippen LogP contribution < -0.4 is 126 Å². The Labute approximate surface area is 454 Å². The van der Waals surface area contributed by atoms with Crippen molar-refractivity contribution in [2.24, 2.45) is 20.5 Å². The molecular weight excluding hydrogens is 1000 g/mol. The standard InChI is InChI=1S/C34H30ClF2N15O9S3.3Na/c1-52(2,3)19-8-4-16(5-9-19)41-33-45-31(35)46-34(47-33)42-18-7-11-24(63(54,55)56)21(13-18)49-50-22-14-25(64(57,58)59)29(39)30(28(22)38)51-48-20-12-17(6-10-23(20)62-61-60-53)40-27-15-26(36)43-32(37)44-27;;;/h4-15H,38-39H2,1-3H3,(H5-,40,41,42,43,44,45,46,47,53,54,55,56,57,58,59);;;/q;3*+1/p-2. The van der Waals surface area contributed by atoms with Crippen molar-refractivity contribution in [1.29, 1.82) is 0 Å². The van der Waals surface area contributed by atoms with E-state index in [9.17, 15) is 40.0 Å². The molecule has 33 heteroatoms. The molecule has 4 aromatic carbocycles. The van der Waals surface area contributed by atoms with Crippen LogP contribution in [-0.4, -0.2) is 72.0 Å². The maximum atomic E-state index is 13.7. The van der Waals surface area contributed by atoms with Gasteiger partial charge < -0.3 is 41.8 Å². The topological polar surface area (TPSA) is 358 Å². The molecule has 0 spiro atoms. The Hall–Kier alpha value is -3.67. The minimum Gasteiger partial charge on any atom is -0.744 e. The van der Waals surface area contributed by atoms with Crippen LogP contribution in [0.1, 0.15) is 0 Å². The minimum absolute atomic E-state index is 0. The fraction of sp³-hybridized carbons (Fsp3) is 0.0882. The molecule has 0 bridgehead atoms. The van der Waals surface area contributed by atoms with Gasteiger partial charge in [0.05, 0.1) is 59.2 Å². The Morgan fingerprint density at radius 1 is 0.672 bits per heavy atom. The van der Waals surface area contributed by atoms with Gasteiger partial charge in [-0.2, -0.15) is 38.0 Å². The van der Waals surface area contributed by atoms with Crippen molar-refractivity contribution >= 4 is 118 Å². The fourth-order valence-electron chi connectivity index (χ4n) is 5.26. The summed E-state index contributed by atoms with van der Waals surface area (Å²) in [5.41, 5.74) is 10.5. The minimum atomic E-state index is -5.42. The van der Waals surface area contributed by atoms with Crippen molar-refractivity contribution in [1.82, 2.24) is 29.4 Å². The van der Waals surface area contributed by atoms with Crippen molar-refractivity contribution in [2.75, 3.05) is 48.6 Å². The first-order valence-electron chi connectivity index (χ1n) is 17.3. The van der Waals surface area contributed by atoms with Crippen molar-refractivity contribution in [2.45, 2.75) is 14.7 Å². The Morgan fingerprint density at radius 3 is 1.82 bits per heavy atom. The molecule has 6 aromatic rings. The second-order valence-corrected chi connectivity index (χ2v) is 17.3. The van der Waals surface area contributed by atoms with E-state index in [1.807, 2.05) is 33.3 Å². The van der Waals surface area contributed by atoms with Crippen LogP contribution in [0.25, 0.3) is 0 Å². The van der Waals surface area contributed by atoms with E-state index in [0.29, 0.717) is 28.3 Å². The van der Waals surface area contributed by atoms with Crippen LogP contribution in [0.15, 0.2) is 108 Å². The summed E-state index contributed by atoms with van der Waals surface area (Å²) in [5, 5.41) is 37.6. The van der Waals surface area contributed by atoms with E-state index in [-0.39, 0.29) is 134 Å². The summed E-state index contributed by atoms with van der Waals surface area (Å²) in [4.78, 5) is 16.7. The molecular formula is C34H28ClF2N15Na3O9S3+. The third kappa shape index (κ3) is 15.7. The van der Waals surface area contributed by atoms with E-state index < -0.39 is 70.5 Å². The number of quaternary nitrogens is 1. The van der Waals surface area contributed by atoms with Crippen LogP contribution in [0.4, 0.5) is 83.4 Å². The SMILES string of the molecule is C[N+](C)(C)c1ccc(Nc2nc(Cl)nc(Nc3ccc(S(=O)(=O)[O-])c(N=Nc4cc(S(=O)(=O)[O-])c(N)c(N=Nc5cc(Nc6cc(F)nc(F)n6)ccc5SOO[O-])c4N)c3)n2)cc1.[Na+].[Na+].[Na+]. The number of aromatic nitrogens is 5. The average molecular weight is 1030 g/mol. The fourth-order valence-corrected chi connectivity index (χ4v) is 7.05. The number of hydrogen-bond acceptors (Lipinski definition) is 24. The number of nitrogens with two attached hydrogens (primary N) is 2. The van der Waals surface area contributed by atoms with Gasteiger partial charge in [-0.05, 0) is 66.2 Å². The molecule has 0 radical (unpaired) electrons. The summed E-state index contributed by atoms with van der Waals surface area (Å²) in [6.07, 6.45) is -1.39. The van der Waals surface area contributed by atoms with Crippen molar-refractivity contribution < 1.29 is 138 Å². The molecule has 7 N–H and O–H groups in total. The van der Waals surface area contributed by atoms with Crippen LogP contribution >= 0.6 is 23.6 Å². The molecule has 0 saturated carbocycles. The van der Waals surface area contributed by atoms with E-state index in [4.69, 9.17) is 23.1 Å². The number of nitrogen functional groups attached to an aromatic ring is 2. The summed E-state index contributed by atoms with van der Waals surface area (Å²) in [7, 11) is -4.67. The number of anilines is 8. The van der Waals surface area contributed by atoms with Crippen molar-refractivity contribution in [3.63, 3.8) is 0 Å². The van der Waals surface area contributed by atoms with Crippen LogP contribution in [-0.2, 0) is 29.6 Å². The molecule has 334 valence electrons. The number of hydrogen-bond donors (Lipinski definition) is 5. The predicted molar refractivity (Wildman–Crippen MR) is 223 cm³/mol. The predicted octanol–water partition coefficient (Wildman–Crippen LogP) is -2.93. The normalized spacial score (nSPS) is 11.7. The molecule has 67 heavy (non-hydrogen) atoms. The van der Waals surface area contributed by atoms with Gasteiger partial charge >= 0.3 is 94.8 Å². The van der Waals surface area contributed by atoms with Gasteiger partial charge in [0.1, 0.15) is 54.5 Å². The first-order chi connectivity index (χ1) is 30.1. The van der Waals surface area contributed by atoms with Gasteiger partial charge in [0.15, 0.2) is 0 Å². The summed E-state index contributed by atoms with van der Waals surface area (Å²) < 4.78 is 106. The van der Waals surface area contributed by atoms with E-state index in [1.54, 1.807) is 12.1 Å². The first-order valence-corrected chi connectivity index (χ1v) is 21.2. The average Bonchev–Trinajstić information content (AvgIpc) is 3.18. The zero-order valence-corrected chi connectivity index (χ0v) is 44.8. The third-order valence-corrected chi connectivity index (χ3v) is 10.7.